The number of carbonyl (C=O) groups excluding carboxylic acids is 3. The van der Waals surface area contributed by atoms with Gasteiger partial charge in [0, 0.05) is 22.9 Å². The lowest BCUT2D eigenvalue weighted by Crippen LogP contribution is -2.44. The highest BCUT2D eigenvalue weighted by atomic mass is 35.5. The monoisotopic (exact) mass is 457 g/mol. The van der Waals surface area contributed by atoms with E-state index in [-0.39, 0.29) is 19.4 Å². The summed E-state index contributed by atoms with van der Waals surface area (Å²) >= 11 is 17.6. The van der Waals surface area contributed by atoms with Crippen molar-refractivity contribution in [1.82, 2.24) is 10.9 Å². The van der Waals surface area contributed by atoms with E-state index < -0.39 is 17.7 Å². The van der Waals surface area contributed by atoms with Gasteiger partial charge >= 0.3 is 0 Å². The average Bonchev–Trinajstić information content (AvgIpc) is 2.66. The zero-order valence-corrected chi connectivity index (χ0v) is 17.6. The molecule has 0 aliphatic carbocycles. The maximum absolute atomic E-state index is 11.9. The van der Waals surface area contributed by atoms with Crippen LogP contribution in [0.1, 0.15) is 18.4 Å². The molecule has 0 radical (unpaired) electrons. The van der Waals surface area contributed by atoms with Crippen LogP contribution in [0.15, 0.2) is 36.4 Å². The second-order valence-electron chi connectivity index (χ2n) is 5.97. The molecule has 3 N–H and O–H groups in total. The van der Waals surface area contributed by atoms with Crippen LogP contribution < -0.4 is 20.9 Å². The zero-order valence-electron chi connectivity index (χ0n) is 15.4. The molecule has 0 atom stereocenters. The summed E-state index contributed by atoms with van der Waals surface area (Å²) in [7, 11) is 0. The van der Waals surface area contributed by atoms with Crippen molar-refractivity contribution in [3.8, 4) is 5.75 Å². The summed E-state index contributed by atoms with van der Waals surface area (Å²) in [6.07, 6.45) is -0.227. The summed E-state index contributed by atoms with van der Waals surface area (Å²) in [4.78, 5) is 35.4. The van der Waals surface area contributed by atoms with Gasteiger partial charge in [0.2, 0.25) is 11.8 Å². The lowest BCUT2D eigenvalue weighted by Gasteiger charge is -2.11. The van der Waals surface area contributed by atoms with E-state index in [0.29, 0.717) is 26.5 Å². The summed E-state index contributed by atoms with van der Waals surface area (Å²) < 4.78 is 5.36. The average molecular weight is 459 g/mol. The number of anilines is 1. The number of aryl methyl sites for hydroxylation is 1. The molecule has 0 aliphatic heterocycles. The molecule has 29 heavy (non-hydrogen) atoms. The summed E-state index contributed by atoms with van der Waals surface area (Å²) in [6.45, 7) is 1.50. The van der Waals surface area contributed by atoms with Crippen molar-refractivity contribution in [3.63, 3.8) is 0 Å². The number of hydrogen-bond acceptors (Lipinski definition) is 4. The molecule has 0 aromatic heterocycles. The van der Waals surface area contributed by atoms with Crippen LogP contribution in [0, 0.1) is 6.92 Å². The van der Waals surface area contributed by atoms with Gasteiger partial charge in [-0.3, -0.25) is 25.2 Å². The largest absolute Gasteiger partial charge is 0.483 e. The van der Waals surface area contributed by atoms with Gasteiger partial charge in [-0.2, -0.15) is 0 Å². The molecule has 10 heteroatoms. The van der Waals surface area contributed by atoms with Gasteiger partial charge in [-0.1, -0.05) is 34.8 Å². The highest BCUT2D eigenvalue weighted by Crippen LogP contribution is 2.25. The van der Waals surface area contributed by atoms with Crippen molar-refractivity contribution in [2.24, 2.45) is 0 Å². The van der Waals surface area contributed by atoms with Crippen molar-refractivity contribution in [2.75, 3.05) is 11.9 Å². The molecule has 0 saturated heterocycles. The van der Waals surface area contributed by atoms with Crippen molar-refractivity contribution in [3.05, 3.63) is 57.0 Å². The van der Waals surface area contributed by atoms with Crippen LogP contribution in [-0.2, 0) is 14.4 Å². The van der Waals surface area contributed by atoms with E-state index in [4.69, 9.17) is 39.5 Å². The fourth-order valence-corrected chi connectivity index (χ4v) is 2.87. The SMILES string of the molecule is Cc1cc(Cl)ccc1OCC(=O)NNC(=O)CCC(=O)Nc1ccc(Cl)cc1Cl. The lowest BCUT2D eigenvalue weighted by molar-refractivity contribution is -0.130. The molecule has 2 rings (SSSR count). The van der Waals surface area contributed by atoms with Crippen molar-refractivity contribution >= 4 is 58.2 Å². The van der Waals surface area contributed by atoms with Gasteiger partial charge < -0.3 is 10.1 Å². The minimum atomic E-state index is -0.551. The number of nitrogens with one attached hydrogen (secondary N) is 3. The lowest BCUT2D eigenvalue weighted by atomic mass is 10.2. The van der Waals surface area contributed by atoms with Crippen LogP contribution in [0.2, 0.25) is 15.1 Å². The molecule has 0 heterocycles. The van der Waals surface area contributed by atoms with Crippen molar-refractivity contribution in [2.45, 2.75) is 19.8 Å². The normalized spacial score (nSPS) is 10.2. The zero-order chi connectivity index (χ0) is 21.4. The topological polar surface area (TPSA) is 96.5 Å². The quantitative estimate of drug-likeness (QED) is 0.548. The highest BCUT2D eigenvalue weighted by Gasteiger charge is 2.11. The Balaban J connectivity index is 1.68. The summed E-state index contributed by atoms with van der Waals surface area (Å²) in [5.41, 5.74) is 5.60. The van der Waals surface area contributed by atoms with E-state index in [1.807, 2.05) is 0 Å². The first-order valence-electron chi connectivity index (χ1n) is 8.46. The summed E-state index contributed by atoms with van der Waals surface area (Å²) in [5, 5.41) is 3.88. The molecule has 2 aromatic rings. The number of hydrogen-bond donors (Lipinski definition) is 3. The maximum atomic E-state index is 11.9. The second-order valence-corrected chi connectivity index (χ2v) is 7.25. The predicted octanol–water partition coefficient (Wildman–Crippen LogP) is 3.90. The molecule has 0 aliphatic rings. The van der Waals surface area contributed by atoms with Crippen molar-refractivity contribution < 1.29 is 19.1 Å². The van der Waals surface area contributed by atoms with E-state index in [1.165, 1.54) is 6.07 Å². The van der Waals surface area contributed by atoms with Gasteiger partial charge in [0.05, 0.1) is 10.7 Å². The third-order valence-corrected chi connectivity index (χ3v) is 4.40. The third kappa shape index (κ3) is 7.81. The molecular weight excluding hydrogens is 441 g/mol. The third-order valence-electron chi connectivity index (χ3n) is 3.62. The van der Waals surface area contributed by atoms with E-state index in [1.54, 1.807) is 37.3 Å². The molecule has 0 bridgehead atoms. The van der Waals surface area contributed by atoms with Crippen LogP contribution in [-0.4, -0.2) is 24.3 Å². The van der Waals surface area contributed by atoms with Gasteiger partial charge in [0.25, 0.3) is 5.91 Å². The van der Waals surface area contributed by atoms with Crippen LogP contribution in [0.5, 0.6) is 5.75 Å². The molecule has 2 aromatic carbocycles. The molecule has 3 amide bonds. The number of rotatable bonds is 7. The van der Waals surface area contributed by atoms with E-state index in [0.717, 1.165) is 5.56 Å². The molecule has 0 saturated carbocycles. The molecule has 154 valence electrons. The van der Waals surface area contributed by atoms with Gasteiger partial charge in [-0.15, -0.1) is 0 Å². The van der Waals surface area contributed by atoms with E-state index >= 15 is 0 Å². The Bertz CT molecular complexity index is 922. The Morgan fingerprint density at radius 2 is 1.48 bits per heavy atom. The Morgan fingerprint density at radius 3 is 2.17 bits per heavy atom. The van der Waals surface area contributed by atoms with E-state index in [2.05, 4.69) is 16.2 Å². The Labute approximate surface area is 182 Å². The number of halogens is 3. The minimum Gasteiger partial charge on any atom is -0.483 e. The number of hydrazine groups is 1. The molecule has 0 spiro atoms. The Morgan fingerprint density at radius 1 is 0.862 bits per heavy atom. The number of benzene rings is 2. The molecule has 0 unspecified atom stereocenters. The summed E-state index contributed by atoms with van der Waals surface area (Å²) in [5.74, 6) is -0.978. The van der Waals surface area contributed by atoms with Crippen LogP contribution in [0.4, 0.5) is 5.69 Å². The summed E-state index contributed by atoms with van der Waals surface area (Å²) in [6, 6.07) is 9.64. The second kappa shape index (κ2) is 10.9. The first-order chi connectivity index (χ1) is 13.7. The fraction of sp³-hybridized carbons (Fsp3) is 0.211. The number of ether oxygens (including phenoxy) is 1. The highest BCUT2D eigenvalue weighted by molar-refractivity contribution is 6.36. The fourth-order valence-electron chi connectivity index (χ4n) is 2.19. The van der Waals surface area contributed by atoms with Crippen LogP contribution in [0.25, 0.3) is 0 Å². The molecule has 0 fully saturated rings. The predicted molar refractivity (Wildman–Crippen MR) is 112 cm³/mol. The Hall–Kier alpha value is -2.48. The molecular formula is C19H18Cl3N3O4. The van der Waals surface area contributed by atoms with Gasteiger partial charge in [-0.05, 0) is 48.9 Å². The number of amides is 3. The smallest absolute Gasteiger partial charge is 0.276 e. The first-order valence-corrected chi connectivity index (χ1v) is 9.59. The first kappa shape index (κ1) is 22.8. The van der Waals surface area contributed by atoms with Gasteiger partial charge in [0.15, 0.2) is 6.61 Å². The Kier molecular flexibility index (Phi) is 8.57. The van der Waals surface area contributed by atoms with Gasteiger partial charge in [0.1, 0.15) is 5.75 Å². The number of carbonyl (C=O) groups is 3. The van der Waals surface area contributed by atoms with Gasteiger partial charge in [-0.25, -0.2) is 0 Å². The van der Waals surface area contributed by atoms with E-state index in [9.17, 15) is 14.4 Å². The van der Waals surface area contributed by atoms with Crippen LogP contribution >= 0.6 is 34.8 Å². The van der Waals surface area contributed by atoms with Crippen molar-refractivity contribution in [1.29, 1.82) is 0 Å². The maximum Gasteiger partial charge on any atom is 0.276 e. The minimum absolute atomic E-state index is 0.0961. The standard InChI is InChI=1S/C19H18Cl3N3O4/c1-11-8-12(20)3-5-16(11)29-10-19(28)25-24-18(27)7-6-17(26)23-15-4-2-13(21)9-14(15)22/h2-5,8-9H,6-7,10H2,1H3,(H,23,26)(H,24,27)(H,25,28). The van der Waals surface area contributed by atoms with Crippen LogP contribution in [0.3, 0.4) is 0 Å². The molecule has 7 nitrogen and oxygen atoms in total.